The number of nitrogens with zero attached hydrogens (tertiary/aromatic N) is 3. The molecule has 1 aromatic heterocycles. The van der Waals surface area contributed by atoms with Crippen molar-refractivity contribution < 1.29 is 9.13 Å². The second-order valence-electron chi connectivity index (χ2n) is 11.2. The summed E-state index contributed by atoms with van der Waals surface area (Å²) in [6.07, 6.45) is 4.04. The summed E-state index contributed by atoms with van der Waals surface area (Å²) in [4.78, 5) is 7.08. The number of hydrogen-bond donors (Lipinski definition) is 0. The van der Waals surface area contributed by atoms with Crippen molar-refractivity contribution in [1.82, 2.24) is 9.55 Å². The summed E-state index contributed by atoms with van der Waals surface area (Å²) in [6.45, 7) is 14.3. The minimum Gasteiger partial charge on any atom is -0.371 e. The fourth-order valence-electron chi connectivity index (χ4n) is 5.04. The van der Waals surface area contributed by atoms with Crippen molar-refractivity contribution >= 4 is 25.4 Å². The Kier molecular flexibility index (Phi) is 8.58. The number of alkyl halides is 1. The number of piperidine rings is 1. The topological polar surface area (TPSA) is 30.3 Å². The third-order valence-corrected chi connectivity index (χ3v) is 9.22. The smallest absolute Gasteiger partial charge is 0.126 e. The summed E-state index contributed by atoms with van der Waals surface area (Å²) in [7, 11) is -1.10. The third-order valence-electron chi connectivity index (χ3n) is 7.21. The number of halogens is 2. The van der Waals surface area contributed by atoms with E-state index < -0.39 is 8.07 Å². The van der Waals surface area contributed by atoms with E-state index in [1.54, 1.807) is 6.07 Å². The highest BCUT2D eigenvalue weighted by Crippen LogP contribution is 2.38. The molecule has 1 aliphatic rings. The highest BCUT2D eigenvalue weighted by molar-refractivity contribution is 6.76. The predicted molar refractivity (Wildman–Crippen MR) is 151 cm³/mol. The molecule has 1 fully saturated rings. The molecule has 0 bridgehead atoms. The quantitative estimate of drug-likeness (QED) is 0.162. The van der Waals surface area contributed by atoms with Crippen LogP contribution in [-0.4, -0.2) is 37.3 Å². The molecule has 36 heavy (non-hydrogen) atoms. The number of benzene rings is 2. The van der Waals surface area contributed by atoms with Crippen LogP contribution < -0.4 is 4.90 Å². The average Bonchev–Trinajstić information content (AvgIpc) is 3.22. The van der Waals surface area contributed by atoms with E-state index in [9.17, 15) is 4.39 Å². The van der Waals surface area contributed by atoms with Gasteiger partial charge in [0.1, 0.15) is 12.5 Å². The molecule has 4 nitrogen and oxygen atoms in total. The Morgan fingerprint density at radius 3 is 2.50 bits per heavy atom. The first-order chi connectivity index (χ1) is 17.2. The first-order valence-corrected chi connectivity index (χ1v) is 17.2. The van der Waals surface area contributed by atoms with Crippen molar-refractivity contribution in [2.45, 2.75) is 70.9 Å². The van der Waals surface area contributed by atoms with Gasteiger partial charge in [-0.3, -0.25) is 0 Å². The zero-order valence-corrected chi connectivity index (χ0v) is 24.0. The monoisotopic (exact) mass is 527 g/mol. The summed E-state index contributed by atoms with van der Waals surface area (Å²) in [5.41, 5.74) is 7.52. The van der Waals surface area contributed by atoms with E-state index in [0.29, 0.717) is 24.1 Å². The summed E-state index contributed by atoms with van der Waals surface area (Å²) in [5, 5.41) is 0. The van der Waals surface area contributed by atoms with Crippen LogP contribution in [0.15, 0.2) is 42.7 Å². The van der Waals surface area contributed by atoms with E-state index in [1.165, 1.54) is 17.4 Å². The average molecular weight is 528 g/mol. The van der Waals surface area contributed by atoms with Crippen LogP contribution in [0, 0.1) is 19.7 Å². The maximum Gasteiger partial charge on any atom is 0.126 e. The van der Waals surface area contributed by atoms with E-state index in [4.69, 9.17) is 16.3 Å². The van der Waals surface area contributed by atoms with Crippen molar-refractivity contribution in [2.75, 3.05) is 24.6 Å². The number of imidazole rings is 1. The Morgan fingerprint density at radius 1 is 1.08 bits per heavy atom. The van der Waals surface area contributed by atoms with Gasteiger partial charge in [-0.25, -0.2) is 9.37 Å². The molecule has 0 radical (unpaired) electrons. The highest BCUT2D eigenvalue weighted by Gasteiger charge is 2.27. The molecule has 0 aliphatic carbocycles. The van der Waals surface area contributed by atoms with Crippen molar-refractivity contribution in [3.8, 4) is 11.1 Å². The summed E-state index contributed by atoms with van der Waals surface area (Å²) in [6, 6.07) is 12.9. The lowest BCUT2D eigenvalue weighted by Gasteiger charge is -2.35. The predicted octanol–water partition coefficient (Wildman–Crippen LogP) is 7.74. The van der Waals surface area contributed by atoms with E-state index in [-0.39, 0.29) is 5.82 Å². The molecule has 2 aromatic carbocycles. The van der Waals surface area contributed by atoms with Gasteiger partial charge in [0.05, 0.1) is 12.0 Å². The summed E-state index contributed by atoms with van der Waals surface area (Å²) >= 11 is 6.20. The van der Waals surface area contributed by atoms with Gasteiger partial charge < -0.3 is 14.2 Å². The lowest BCUT2D eigenvalue weighted by atomic mass is 9.91. The lowest BCUT2D eigenvalue weighted by Crippen LogP contribution is -2.34. The van der Waals surface area contributed by atoms with Gasteiger partial charge in [-0.05, 0) is 67.6 Å². The molecule has 0 saturated carbocycles. The largest absolute Gasteiger partial charge is 0.371 e. The fraction of sp³-hybridized carbons (Fsp3) is 0.483. The molecule has 194 valence electrons. The van der Waals surface area contributed by atoms with Gasteiger partial charge in [0.2, 0.25) is 0 Å². The summed E-state index contributed by atoms with van der Waals surface area (Å²) in [5.74, 6) is 0.759. The van der Waals surface area contributed by atoms with Crippen LogP contribution in [0.1, 0.15) is 41.3 Å². The van der Waals surface area contributed by atoms with Crippen LogP contribution in [0.5, 0.6) is 0 Å². The maximum atomic E-state index is 13.9. The van der Waals surface area contributed by atoms with Gasteiger partial charge in [0.15, 0.2) is 0 Å². The van der Waals surface area contributed by atoms with Crippen LogP contribution in [0.2, 0.25) is 25.7 Å². The molecular weight excluding hydrogens is 489 g/mol. The normalized spacial score (nSPS) is 15.0. The third kappa shape index (κ3) is 6.39. The number of ether oxygens (including phenoxy) is 1. The Labute approximate surface area is 221 Å². The fourth-order valence-corrected chi connectivity index (χ4v) is 5.96. The Morgan fingerprint density at radius 2 is 1.83 bits per heavy atom. The number of rotatable bonds is 9. The first kappa shape index (κ1) is 26.9. The molecule has 1 aliphatic heterocycles. The molecule has 4 rings (SSSR count). The van der Waals surface area contributed by atoms with E-state index >= 15 is 0 Å². The number of aromatic nitrogens is 2. The minimum absolute atomic E-state index is 0.171. The van der Waals surface area contributed by atoms with Crippen LogP contribution in [0.25, 0.3) is 11.1 Å². The molecular formula is C29H39ClFN3OSi. The van der Waals surface area contributed by atoms with Gasteiger partial charge in [0.25, 0.3) is 0 Å². The van der Waals surface area contributed by atoms with Crippen LogP contribution in [-0.2, 0) is 17.3 Å². The van der Waals surface area contributed by atoms with Crippen molar-refractivity contribution in [3.05, 3.63) is 71.1 Å². The second-order valence-corrected chi connectivity index (χ2v) is 17.1. The Bertz CT molecular complexity index is 1180. The standard InChI is InChI=1S/C29H39ClFN3OSi/c1-21-16-25(7-9-27(21)31)26-8-6-23(18-30)17-28(26)33-12-10-24(11-13-33)29-22(2)32-19-34(29)20-35-14-15-36(3,4)5/h6-9,16-17,19,24H,10-15,18,20H2,1-5H3. The number of anilines is 1. The van der Waals surface area contributed by atoms with Crippen LogP contribution in [0.4, 0.5) is 10.1 Å². The summed E-state index contributed by atoms with van der Waals surface area (Å²) < 4.78 is 22.2. The molecule has 1 saturated heterocycles. The first-order valence-electron chi connectivity index (χ1n) is 13.0. The highest BCUT2D eigenvalue weighted by atomic mass is 35.5. The second kappa shape index (κ2) is 11.5. The van der Waals surface area contributed by atoms with Crippen molar-refractivity contribution in [2.24, 2.45) is 0 Å². The zero-order chi connectivity index (χ0) is 25.9. The van der Waals surface area contributed by atoms with Crippen molar-refractivity contribution in [1.29, 1.82) is 0 Å². The SMILES string of the molecule is Cc1cc(-c2ccc(CCl)cc2N2CCC(c3c(C)ncn3COCC[Si](C)(C)C)CC2)ccc1F. The molecule has 0 spiro atoms. The van der Waals surface area contributed by atoms with Crippen LogP contribution >= 0.6 is 11.6 Å². The molecule has 0 N–H and O–H groups in total. The van der Waals surface area contributed by atoms with Gasteiger partial charge in [-0.15, -0.1) is 11.6 Å². The zero-order valence-electron chi connectivity index (χ0n) is 22.3. The van der Waals surface area contributed by atoms with Crippen LogP contribution in [0.3, 0.4) is 0 Å². The number of hydrogen-bond acceptors (Lipinski definition) is 3. The number of aryl methyl sites for hydroxylation is 2. The van der Waals surface area contributed by atoms with Crippen molar-refractivity contribution in [3.63, 3.8) is 0 Å². The molecule has 2 heterocycles. The molecule has 0 atom stereocenters. The molecule has 3 aromatic rings. The Hall–Kier alpha value is -2.15. The van der Waals surface area contributed by atoms with Gasteiger partial charge in [-0.1, -0.05) is 37.8 Å². The molecule has 0 amide bonds. The molecule has 7 heteroatoms. The van der Waals surface area contributed by atoms with E-state index in [2.05, 4.69) is 59.2 Å². The molecule has 0 unspecified atom stereocenters. The van der Waals surface area contributed by atoms with Gasteiger partial charge in [0, 0.05) is 56.5 Å². The van der Waals surface area contributed by atoms with E-state index in [1.807, 2.05) is 25.4 Å². The Balaban J connectivity index is 1.49. The lowest BCUT2D eigenvalue weighted by molar-refractivity contribution is 0.0841. The van der Waals surface area contributed by atoms with E-state index in [0.717, 1.165) is 54.9 Å². The minimum atomic E-state index is -1.10. The van der Waals surface area contributed by atoms with Gasteiger partial charge in [-0.2, -0.15) is 0 Å². The maximum absolute atomic E-state index is 13.9. The van der Waals surface area contributed by atoms with Gasteiger partial charge >= 0.3 is 0 Å².